The van der Waals surface area contributed by atoms with Crippen LogP contribution in [0.3, 0.4) is 0 Å². The third-order valence-electron chi connectivity index (χ3n) is 1.24. The third-order valence-corrected chi connectivity index (χ3v) is 3.23. The molecule has 2 atom stereocenters. The van der Waals surface area contributed by atoms with E-state index >= 15 is 0 Å². The number of carboxylic acids is 1. The Morgan fingerprint density at radius 3 is 2.18 bits per heavy atom. The van der Waals surface area contributed by atoms with Gasteiger partial charge in [-0.1, -0.05) is 13.8 Å². The second-order valence-electron chi connectivity index (χ2n) is 2.92. The van der Waals surface area contributed by atoms with Crippen molar-refractivity contribution in [3.05, 3.63) is 0 Å². The zero-order chi connectivity index (χ0) is 9.02. The minimum absolute atomic E-state index is 0.289. The summed E-state index contributed by atoms with van der Waals surface area (Å²) in [5.74, 6) is -0.227. The van der Waals surface area contributed by atoms with E-state index < -0.39 is 22.0 Å². The normalized spacial score (nSPS) is 16.4. The number of rotatable bonds is 4. The average Bonchev–Trinajstić information content (AvgIpc) is 1.84. The highest BCUT2D eigenvalue weighted by molar-refractivity contribution is 7.86. The Kier molecular flexibility index (Phi) is 4.33. The molecule has 0 aliphatic heterocycles. The largest absolute Gasteiger partial charge is 0.480 e. The molecule has 66 valence electrons. The topological polar surface area (TPSA) is 54.4 Å². The van der Waals surface area contributed by atoms with Gasteiger partial charge in [0.25, 0.3) is 0 Å². The Morgan fingerprint density at radius 2 is 1.91 bits per heavy atom. The summed E-state index contributed by atoms with van der Waals surface area (Å²) < 4.78 is 11.1. The second kappa shape index (κ2) is 4.49. The number of carbonyl (C=O) groups is 1. The van der Waals surface area contributed by atoms with Crippen LogP contribution in [0.25, 0.3) is 0 Å². The molecular weight excluding hydrogens is 164 g/mol. The molecule has 0 rings (SSSR count). The average molecular weight is 178 g/mol. The van der Waals surface area contributed by atoms with E-state index in [4.69, 9.17) is 5.11 Å². The van der Waals surface area contributed by atoms with Gasteiger partial charge in [-0.25, -0.2) is 0 Å². The summed E-state index contributed by atoms with van der Waals surface area (Å²) in [5, 5.41) is 7.73. The molecule has 0 saturated carbocycles. The summed E-state index contributed by atoms with van der Waals surface area (Å²) in [7, 11) is -1.22. The number of aliphatic carboxylic acids is 1. The van der Waals surface area contributed by atoms with Gasteiger partial charge in [0, 0.05) is 16.6 Å². The van der Waals surface area contributed by atoms with Crippen molar-refractivity contribution >= 4 is 16.8 Å². The van der Waals surface area contributed by atoms with Crippen LogP contribution < -0.4 is 0 Å². The highest BCUT2D eigenvalue weighted by atomic mass is 32.2. The summed E-state index contributed by atoms with van der Waals surface area (Å²) in [6.45, 7) is 5.32. The van der Waals surface area contributed by atoms with Crippen LogP contribution in [0, 0.1) is 5.92 Å². The van der Waals surface area contributed by atoms with Crippen molar-refractivity contribution in [3.63, 3.8) is 0 Å². The molecule has 4 heteroatoms. The van der Waals surface area contributed by atoms with E-state index in [1.54, 1.807) is 0 Å². The molecule has 0 saturated heterocycles. The standard InChI is InChI=1S/C7H14O3S/c1-5(2)4-11(10)6(3)7(8)9/h5-6H,4H2,1-3H3,(H,8,9). The quantitative estimate of drug-likeness (QED) is 0.694. The maximum absolute atomic E-state index is 11.1. The fourth-order valence-electron chi connectivity index (χ4n) is 0.585. The maximum Gasteiger partial charge on any atom is 0.318 e. The zero-order valence-electron chi connectivity index (χ0n) is 7.03. The highest BCUT2D eigenvalue weighted by Gasteiger charge is 2.18. The lowest BCUT2D eigenvalue weighted by atomic mass is 10.3. The van der Waals surface area contributed by atoms with Gasteiger partial charge in [-0.3, -0.25) is 9.00 Å². The molecule has 0 heterocycles. The van der Waals surface area contributed by atoms with Crippen LogP contribution >= 0.6 is 0 Å². The van der Waals surface area contributed by atoms with Crippen molar-refractivity contribution in [2.45, 2.75) is 26.0 Å². The molecule has 2 unspecified atom stereocenters. The molecule has 1 N–H and O–H groups in total. The van der Waals surface area contributed by atoms with Gasteiger partial charge in [-0.15, -0.1) is 0 Å². The van der Waals surface area contributed by atoms with Gasteiger partial charge < -0.3 is 5.11 Å². The Hall–Kier alpha value is -0.380. The lowest BCUT2D eigenvalue weighted by Gasteiger charge is -2.07. The fourth-order valence-corrected chi connectivity index (χ4v) is 1.76. The summed E-state index contributed by atoms with van der Waals surface area (Å²) in [4.78, 5) is 10.3. The Labute approximate surface area is 69.3 Å². The fraction of sp³-hybridized carbons (Fsp3) is 0.857. The van der Waals surface area contributed by atoms with Gasteiger partial charge in [0.05, 0.1) is 0 Å². The Bertz CT molecular complexity index is 165. The molecule has 0 aromatic carbocycles. The molecule has 0 radical (unpaired) electrons. The molecular formula is C7H14O3S. The van der Waals surface area contributed by atoms with Crippen molar-refractivity contribution in [3.8, 4) is 0 Å². The lowest BCUT2D eigenvalue weighted by Crippen LogP contribution is -2.25. The van der Waals surface area contributed by atoms with Crippen molar-refractivity contribution in [1.82, 2.24) is 0 Å². The first kappa shape index (κ1) is 10.6. The molecule has 0 amide bonds. The van der Waals surface area contributed by atoms with Crippen LogP contribution in [-0.2, 0) is 15.6 Å². The Balaban J connectivity index is 3.93. The zero-order valence-corrected chi connectivity index (χ0v) is 7.85. The van der Waals surface area contributed by atoms with Gasteiger partial charge in [-0.05, 0) is 12.8 Å². The predicted octanol–water partition coefficient (Wildman–Crippen LogP) is 0.864. The van der Waals surface area contributed by atoms with E-state index in [0.717, 1.165) is 0 Å². The molecule has 0 aromatic heterocycles. The predicted molar refractivity (Wildman–Crippen MR) is 44.9 cm³/mol. The summed E-state index contributed by atoms with van der Waals surface area (Å²) in [6.07, 6.45) is 0. The van der Waals surface area contributed by atoms with Crippen LogP contribution in [0.1, 0.15) is 20.8 Å². The van der Waals surface area contributed by atoms with E-state index in [2.05, 4.69) is 0 Å². The molecule has 0 aromatic rings. The summed E-state index contributed by atoms with van der Waals surface area (Å²) in [6, 6.07) is 0. The molecule has 0 fully saturated rings. The molecule has 3 nitrogen and oxygen atoms in total. The summed E-state index contributed by atoms with van der Waals surface area (Å²) >= 11 is 0. The molecule has 0 bridgehead atoms. The first-order valence-corrected chi connectivity index (χ1v) is 4.93. The first-order valence-electron chi connectivity index (χ1n) is 3.55. The van der Waals surface area contributed by atoms with E-state index in [1.165, 1.54) is 6.92 Å². The minimum atomic E-state index is -1.22. The van der Waals surface area contributed by atoms with Gasteiger partial charge in [0.2, 0.25) is 0 Å². The molecule has 0 spiro atoms. The van der Waals surface area contributed by atoms with Gasteiger partial charge in [0.15, 0.2) is 0 Å². The monoisotopic (exact) mass is 178 g/mol. The number of hydrogen-bond acceptors (Lipinski definition) is 2. The van der Waals surface area contributed by atoms with Crippen molar-refractivity contribution < 1.29 is 14.1 Å². The first-order chi connectivity index (χ1) is 4.95. The number of carboxylic acid groups (broad SMARTS) is 1. The van der Waals surface area contributed by atoms with Crippen LogP contribution in [0.15, 0.2) is 0 Å². The minimum Gasteiger partial charge on any atom is -0.480 e. The van der Waals surface area contributed by atoms with Crippen LogP contribution in [0.2, 0.25) is 0 Å². The highest BCUT2D eigenvalue weighted by Crippen LogP contribution is 2.02. The van der Waals surface area contributed by atoms with Crippen molar-refractivity contribution in [2.75, 3.05) is 5.75 Å². The van der Waals surface area contributed by atoms with Crippen molar-refractivity contribution in [2.24, 2.45) is 5.92 Å². The van der Waals surface area contributed by atoms with Gasteiger partial charge in [0.1, 0.15) is 5.25 Å². The van der Waals surface area contributed by atoms with Crippen LogP contribution in [0.4, 0.5) is 0 Å². The van der Waals surface area contributed by atoms with E-state index in [9.17, 15) is 9.00 Å². The van der Waals surface area contributed by atoms with Crippen LogP contribution in [0.5, 0.6) is 0 Å². The van der Waals surface area contributed by atoms with E-state index in [0.29, 0.717) is 5.75 Å². The molecule has 0 aliphatic carbocycles. The second-order valence-corrected chi connectivity index (χ2v) is 4.72. The maximum atomic E-state index is 11.1. The summed E-state index contributed by atoms with van der Waals surface area (Å²) in [5.41, 5.74) is 0. The molecule has 0 aliphatic rings. The van der Waals surface area contributed by atoms with Gasteiger partial charge in [-0.2, -0.15) is 0 Å². The Morgan fingerprint density at radius 1 is 1.45 bits per heavy atom. The van der Waals surface area contributed by atoms with Crippen LogP contribution in [-0.4, -0.2) is 26.3 Å². The van der Waals surface area contributed by atoms with E-state index in [1.807, 2.05) is 13.8 Å². The lowest BCUT2D eigenvalue weighted by molar-refractivity contribution is -0.136. The van der Waals surface area contributed by atoms with E-state index in [-0.39, 0.29) is 5.92 Å². The molecule has 11 heavy (non-hydrogen) atoms. The SMILES string of the molecule is CC(C)CS(=O)C(C)C(=O)O. The smallest absolute Gasteiger partial charge is 0.318 e. The van der Waals surface area contributed by atoms with Crippen molar-refractivity contribution in [1.29, 1.82) is 0 Å². The third kappa shape index (κ3) is 4.14. The number of hydrogen-bond donors (Lipinski definition) is 1. The van der Waals surface area contributed by atoms with Gasteiger partial charge >= 0.3 is 5.97 Å².